The van der Waals surface area contributed by atoms with Crippen molar-refractivity contribution >= 4 is 5.97 Å². The van der Waals surface area contributed by atoms with Gasteiger partial charge in [-0.3, -0.25) is 9.78 Å². The van der Waals surface area contributed by atoms with Gasteiger partial charge in [-0.2, -0.15) is 0 Å². The first-order chi connectivity index (χ1) is 9.72. The molecule has 0 spiro atoms. The molecule has 0 amide bonds. The van der Waals surface area contributed by atoms with Crippen LogP contribution in [0.4, 0.5) is 0 Å². The Morgan fingerprint density at radius 2 is 2.25 bits per heavy atom. The number of aromatic nitrogens is 3. The van der Waals surface area contributed by atoms with Gasteiger partial charge in [-0.25, -0.2) is 9.97 Å². The quantitative estimate of drug-likeness (QED) is 0.917. The van der Waals surface area contributed by atoms with E-state index in [0.29, 0.717) is 25.7 Å². The Kier molecular flexibility index (Phi) is 3.41. The number of rotatable bonds is 3. The molecule has 0 aromatic carbocycles. The Labute approximate surface area is 116 Å². The van der Waals surface area contributed by atoms with Crippen molar-refractivity contribution in [3.8, 4) is 0 Å². The lowest BCUT2D eigenvalue weighted by atomic mass is 9.87. The average molecular weight is 269 g/mol. The average Bonchev–Trinajstić information content (AvgIpc) is 2.47. The van der Waals surface area contributed by atoms with Gasteiger partial charge in [0, 0.05) is 23.8 Å². The molecule has 5 heteroatoms. The van der Waals surface area contributed by atoms with E-state index in [4.69, 9.17) is 5.11 Å². The van der Waals surface area contributed by atoms with E-state index in [0.717, 1.165) is 22.8 Å². The van der Waals surface area contributed by atoms with E-state index in [1.54, 1.807) is 12.4 Å². The summed E-state index contributed by atoms with van der Waals surface area (Å²) in [6, 6.07) is 5.77. The Bertz CT molecular complexity index is 628. The lowest BCUT2D eigenvalue weighted by Crippen LogP contribution is -2.23. The Morgan fingerprint density at radius 1 is 1.35 bits per heavy atom. The molecule has 1 N–H and O–H groups in total. The number of hydrogen-bond donors (Lipinski definition) is 1. The predicted octanol–water partition coefficient (Wildman–Crippen LogP) is 1.65. The molecule has 0 saturated carbocycles. The van der Waals surface area contributed by atoms with Gasteiger partial charge in [0.1, 0.15) is 5.82 Å². The van der Waals surface area contributed by atoms with Crippen LogP contribution in [0.25, 0.3) is 0 Å². The van der Waals surface area contributed by atoms with Crippen LogP contribution in [0.2, 0.25) is 0 Å². The summed E-state index contributed by atoms with van der Waals surface area (Å²) in [4.78, 5) is 24.2. The lowest BCUT2D eigenvalue weighted by Gasteiger charge is -2.20. The Morgan fingerprint density at radius 3 is 3.00 bits per heavy atom. The number of pyridine rings is 1. The molecule has 102 valence electrons. The lowest BCUT2D eigenvalue weighted by molar-refractivity contribution is -0.142. The van der Waals surface area contributed by atoms with E-state index in [-0.39, 0.29) is 5.92 Å². The standard InChI is InChI=1S/C15H15N3O2/c19-15(20)10-4-5-13-11(7-10)9-17-14(18-13)8-12-3-1-2-6-16-12/h1-3,6,9-10H,4-5,7-8H2,(H,19,20). The van der Waals surface area contributed by atoms with Crippen molar-refractivity contribution in [2.24, 2.45) is 5.92 Å². The monoisotopic (exact) mass is 269 g/mol. The highest BCUT2D eigenvalue weighted by Gasteiger charge is 2.25. The van der Waals surface area contributed by atoms with Crippen molar-refractivity contribution in [3.05, 3.63) is 53.4 Å². The number of fused-ring (bicyclic) bond motifs is 1. The fourth-order valence-corrected chi connectivity index (χ4v) is 2.51. The number of nitrogens with zero attached hydrogens (tertiary/aromatic N) is 3. The summed E-state index contributed by atoms with van der Waals surface area (Å²) in [7, 11) is 0. The van der Waals surface area contributed by atoms with E-state index in [2.05, 4.69) is 15.0 Å². The SMILES string of the molecule is O=C(O)C1CCc2nc(Cc3ccccn3)ncc2C1. The molecule has 1 unspecified atom stereocenters. The zero-order chi connectivity index (χ0) is 13.9. The number of carboxylic acids is 1. The summed E-state index contributed by atoms with van der Waals surface area (Å²) in [5, 5.41) is 9.06. The third-order valence-electron chi connectivity index (χ3n) is 3.61. The molecule has 1 aliphatic rings. The zero-order valence-corrected chi connectivity index (χ0v) is 11.0. The van der Waals surface area contributed by atoms with Crippen molar-refractivity contribution in [1.29, 1.82) is 0 Å². The molecular formula is C15H15N3O2. The van der Waals surface area contributed by atoms with E-state index < -0.39 is 5.97 Å². The van der Waals surface area contributed by atoms with Gasteiger partial charge in [0.05, 0.1) is 12.3 Å². The summed E-state index contributed by atoms with van der Waals surface area (Å²) in [5.41, 5.74) is 2.89. The van der Waals surface area contributed by atoms with Gasteiger partial charge in [0.25, 0.3) is 0 Å². The molecule has 0 saturated heterocycles. The second-order valence-corrected chi connectivity index (χ2v) is 5.03. The highest BCUT2D eigenvalue weighted by molar-refractivity contribution is 5.70. The molecule has 0 fully saturated rings. The molecular weight excluding hydrogens is 254 g/mol. The fourth-order valence-electron chi connectivity index (χ4n) is 2.51. The molecule has 1 aliphatic carbocycles. The summed E-state index contributed by atoms with van der Waals surface area (Å²) >= 11 is 0. The highest BCUT2D eigenvalue weighted by Crippen LogP contribution is 2.24. The van der Waals surface area contributed by atoms with Crippen molar-refractivity contribution in [3.63, 3.8) is 0 Å². The zero-order valence-electron chi connectivity index (χ0n) is 11.0. The van der Waals surface area contributed by atoms with Crippen LogP contribution < -0.4 is 0 Å². The first kappa shape index (κ1) is 12.7. The smallest absolute Gasteiger partial charge is 0.306 e. The van der Waals surface area contributed by atoms with Crippen molar-refractivity contribution in [2.75, 3.05) is 0 Å². The van der Waals surface area contributed by atoms with Gasteiger partial charge in [-0.15, -0.1) is 0 Å². The van der Waals surface area contributed by atoms with Crippen LogP contribution in [0, 0.1) is 5.92 Å². The van der Waals surface area contributed by atoms with Crippen LogP contribution in [-0.2, 0) is 24.1 Å². The summed E-state index contributed by atoms with van der Waals surface area (Å²) in [6.07, 6.45) is 6.04. The van der Waals surface area contributed by atoms with Crippen LogP contribution in [-0.4, -0.2) is 26.0 Å². The number of carboxylic acid groups (broad SMARTS) is 1. The van der Waals surface area contributed by atoms with E-state index in [9.17, 15) is 4.79 Å². The minimum Gasteiger partial charge on any atom is -0.481 e. The Hall–Kier alpha value is -2.30. The van der Waals surface area contributed by atoms with Gasteiger partial charge < -0.3 is 5.11 Å². The van der Waals surface area contributed by atoms with Crippen LogP contribution in [0.3, 0.4) is 0 Å². The number of hydrogen-bond acceptors (Lipinski definition) is 4. The normalized spacial score (nSPS) is 17.5. The van der Waals surface area contributed by atoms with Crippen molar-refractivity contribution < 1.29 is 9.90 Å². The number of aryl methyl sites for hydroxylation is 1. The molecule has 3 rings (SSSR count). The second kappa shape index (κ2) is 5.36. The topological polar surface area (TPSA) is 76.0 Å². The van der Waals surface area contributed by atoms with Crippen molar-refractivity contribution in [2.45, 2.75) is 25.7 Å². The summed E-state index contributed by atoms with van der Waals surface area (Å²) < 4.78 is 0. The predicted molar refractivity (Wildman–Crippen MR) is 72.2 cm³/mol. The minimum absolute atomic E-state index is 0.298. The molecule has 2 aromatic heterocycles. The van der Waals surface area contributed by atoms with Crippen LogP contribution in [0.1, 0.15) is 29.2 Å². The van der Waals surface area contributed by atoms with Gasteiger partial charge in [0.2, 0.25) is 0 Å². The van der Waals surface area contributed by atoms with Gasteiger partial charge in [-0.1, -0.05) is 6.07 Å². The van der Waals surface area contributed by atoms with Crippen molar-refractivity contribution in [1.82, 2.24) is 15.0 Å². The van der Waals surface area contributed by atoms with Gasteiger partial charge >= 0.3 is 5.97 Å². The second-order valence-electron chi connectivity index (χ2n) is 5.03. The van der Waals surface area contributed by atoms with Crippen LogP contribution >= 0.6 is 0 Å². The van der Waals surface area contributed by atoms with E-state index in [1.807, 2.05) is 18.2 Å². The number of aliphatic carboxylic acids is 1. The molecule has 2 heterocycles. The Balaban J connectivity index is 1.79. The molecule has 0 bridgehead atoms. The third kappa shape index (κ3) is 2.66. The van der Waals surface area contributed by atoms with Crippen LogP contribution in [0.5, 0.6) is 0 Å². The third-order valence-corrected chi connectivity index (χ3v) is 3.61. The molecule has 20 heavy (non-hydrogen) atoms. The van der Waals surface area contributed by atoms with E-state index in [1.165, 1.54) is 0 Å². The molecule has 1 atom stereocenters. The maximum atomic E-state index is 11.0. The highest BCUT2D eigenvalue weighted by atomic mass is 16.4. The summed E-state index contributed by atoms with van der Waals surface area (Å²) in [6.45, 7) is 0. The number of carbonyl (C=O) groups is 1. The molecule has 2 aromatic rings. The first-order valence-electron chi connectivity index (χ1n) is 6.69. The van der Waals surface area contributed by atoms with Gasteiger partial charge in [-0.05, 0) is 37.0 Å². The summed E-state index contributed by atoms with van der Waals surface area (Å²) in [5.74, 6) is -0.280. The molecule has 0 aliphatic heterocycles. The maximum absolute atomic E-state index is 11.0. The molecule has 5 nitrogen and oxygen atoms in total. The first-order valence-corrected chi connectivity index (χ1v) is 6.69. The maximum Gasteiger partial charge on any atom is 0.306 e. The van der Waals surface area contributed by atoms with Crippen LogP contribution in [0.15, 0.2) is 30.6 Å². The fraction of sp³-hybridized carbons (Fsp3) is 0.333. The molecule has 0 radical (unpaired) electrons. The van der Waals surface area contributed by atoms with Gasteiger partial charge in [0.15, 0.2) is 0 Å². The minimum atomic E-state index is -0.729. The van der Waals surface area contributed by atoms with E-state index >= 15 is 0 Å². The largest absolute Gasteiger partial charge is 0.481 e.